The highest BCUT2D eigenvalue weighted by molar-refractivity contribution is 8.14. The van der Waals surface area contributed by atoms with Crippen molar-refractivity contribution >= 4 is 22.8 Å². The van der Waals surface area contributed by atoms with Crippen LogP contribution in [0, 0.1) is 0 Å². The molecule has 2 heterocycles. The first kappa shape index (κ1) is 14.7. The first-order chi connectivity index (χ1) is 9.04. The molecule has 0 saturated carbocycles. The zero-order valence-corrected chi connectivity index (χ0v) is 13.1. The van der Waals surface area contributed by atoms with Gasteiger partial charge in [-0.25, -0.2) is 4.99 Å². The van der Waals surface area contributed by atoms with E-state index in [1.54, 1.807) is 11.8 Å². The van der Waals surface area contributed by atoms with Crippen LogP contribution in [-0.2, 0) is 4.79 Å². The molecule has 0 aromatic heterocycles. The van der Waals surface area contributed by atoms with Crippen molar-refractivity contribution in [3.8, 4) is 0 Å². The minimum atomic E-state index is -0.257. The lowest BCUT2D eigenvalue weighted by Gasteiger charge is -2.28. The quantitative estimate of drug-likeness (QED) is 0.864. The molecular weight excluding hydrogens is 258 g/mol. The first-order valence-electron chi connectivity index (χ1n) is 7.32. The molecule has 2 rings (SSSR count). The van der Waals surface area contributed by atoms with Crippen LogP contribution in [0.3, 0.4) is 0 Å². The van der Waals surface area contributed by atoms with E-state index in [9.17, 15) is 4.79 Å². The maximum atomic E-state index is 12.3. The van der Waals surface area contributed by atoms with Crippen LogP contribution in [0.4, 0.5) is 0 Å². The van der Waals surface area contributed by atoms with Crippen molar-refractivity contribution in [1.29, 1.82) is 0 Å². The van der Waals surface area contributed by atoms with E-state index >= 15 is 0 Å². The van der Waals surface area contributed by atoms with Gasteiger partial charge in [0.1, 0.15) is 6.04 Å². The van der Waals surface area contributed by atoms with Gasteiger partial charge < -0.3 is 10.2 Å². The van der Waals surface area contributed by atoms with Crippen molar-refractivity contribution in [2.45, 2.75) is 58.0 Å². The third kappa shape index (κ3) is 3.65. The standard InChI is InChI=1S/C14H25N3OS/c1-4-14(3)10-19-13(16-14)15-11(2)12(18)17-8-6-5-7-9-17/h11H,4-10H2,1-3H3,(H,15,16). The lowest BCUT2D eigenvalue weighted by atomic mass is 10.0. The molecule has 0 aromatic carbocycles. The van der Waals surface area contributed by atoms with E-state index in [2.05, 4.69) is 24.2 Å². The van der Waals surface area contributed by atoms with E-state index in [1.807, 2.05) is 11.8 Å². The Hall–Kier alpha value is -0.710. The second kappa shape index (κ2) is 6.16. The van der Waals surface area contributed by atoms with Gasteiger partial charge >= 0.3 is 0 Å². The van der Waals surface area contributed by atoms with Gasteiger partial charge in [-0.1, -0.05) is 18.7 Å². The van der Waals surface area contributed by atoms with Crippen LogP contribution < -0.4 is 5.32 Å². The third-order valence-corrected chi connectivity index (χ3v) is 5.31. The molecular formula is C14H25N3OS. The van der Waals surface area contributed by atoms with Gasteiger partial charge in [-0.3, -0.25) is 4.79 Å². The lowest BCUT2D eigenvalue weighted by molar-refractivity contribution is -0.132. The molecule has 2 unspecified atom stereocenters. The van der Waals surface area contributed by atoms with E-state index in [0.29, 0.717) is 0 Å². The van der Waals surface area contributed by atoms with Crippen molar-refractivity contribution in [2.75, 3.05) is 18.8 Å². The molecule has 19 heavy (non-hydrogen) atoms. The Labute approximate surface area is 120 Å². The number of aliphatic imine (C=N–C) groups is 1. The Balaban J connectivity index is 1.93. The first-order valence-corrected chi connectivity index (χ1v) is 8.30. The van der Waals surface area contributed by atoms with Gasteiger partial charge in [0.15, 0.2) is 5.17 Å². The second-order valence-corrected chi connectivity index (χ2v) is 6.79. The zero-order chi connectivity index (χ0) is 13.9. The van der Waals surface area contributed by atoms with Crippen molar-refractivity contribution in [2.24, 2.45) is 4.99 Å². The van der Waals surface area contributed by atoms with Gasteiger partial charge in [-0.2, -0.15) is 0 Å². The summed E-state index contributed by atoms with van der Waals surface area (Å²) < 4.78 is 0. The van der Waals surface area contributed by atoms with Gasteiger partial charge in [-0.05, 0) is 39.5 Å². The summed E-state index contributed by atoms with van der Waals surface area (Å²) in [5, 5.41) is 4.38. The Morgan fingerprint density at radius 1 is 1.47 bits per heavy atom. The zero-order valence-electron chi connectivity index (χ0n) is 12.2. The predicted octanol–water partition coefficient (Wildman–Crippen LogP) is 2.25. The summed E-state index contributed by atoms with van der Waals surface area (Å²) in [5.41, 5.74) is 0.136. The molecule has 2 fully saturated rings. The van der Waals surface area contributed by atoms with Gasteiger partial charge in [-0.15, -0.1) is 0 Å². The number of hydrogen-bond donors (Lipinski definition) is 1. The van der Waals surface area contributed by atoms with Crippen molar-refractivity contribution < 1.29 is 4.79 Å². The fraction of sp³-hybridized carbons (Fsp3) is 0.857. The molecule has 0 bridgehead atoms. The van der Waals surface area contributed by atoms with Gasteiger partial charge in [0.05, 0.1) is 0 Å². The highest BCUT2D eigenvalue weighted by atomic mass is 32.2. The van der Waals surface area contributed by atoms with E-state index in [1.165, 1.54) is 6.42 Å². The van der Waals surface area contributed by atoms with Crippen molar-refractivity contribution in [3.05, 3.63) is 0 Å². The Morgan fingerprint density at radius 2 is 2.16 bits per heavy atom. The van der Waals surface area contributed by atoms with E-state index < -0.39 is 0 Å². The molecule has 2 saturated heterocycles. The number of amidine groups is 1. The molecule has 108 valence electrons. The van der Waals surface area contributed by atoms with Crippen molar-refractivity contribution in [1.82, 2.24) is 10.2 Å². The maximum Gasteiger partial charge on any atom is 0.247 e. The lowest BCUT2D eigenvalue weighted by Crippen LogP contribution is -2.42. The number of thioether (sulfide) groups is 1. The number of nitrogens with one attached hydrogen (secondary N) is 1. The highest BCUT2D eigenvalue weighted by Gasteiger charge is 2.31. The van der Waals surface area contributed by atoms with Crippen LogP contribution in [0.15, 0.2) is 4.99 Å². The minimum absolute atomic E-state index is 0.136. The number of piperidine rings is 1. The number of likely N-dealkylation sites (tertiary alicyclic amines) is 1. The molecule has 0 spiro atoms. The monoisotopic (exact) mass is 283 g/mol. The number of carbonyl (C=O) groups is 1. The highest BCUT2D eigenvalue weighted by Crippen LogP contribution is 2.26. The molecule has 4 nitrogen and oxygen atoms in total. The van der Waals surface area contributed by atoms with E-state index in [4.69, 9.17) is 0 Å². The molecule has 0 aliphatic carbocycles. The summed E-state index contributed by atoms with van der Waals surface area (Å²) in [6.45, 7) is 8.11. The summed E-state index contributed by atoms with van der Waals surface area (Å²) >= 11 is 1.73. The van der Waals surface area contributed by atoms with Crippen LogP contribution in [0.5, 0.6) is 0 Å². The van der Waals surface area contributed by atoms with Crippen molar-refractivity contribution in [3.63, 3.8) is 0 Å². The fourth-order valence-electron chi connectivity index (χ4n) is 2.43. The second-order valence-electron chi connectivity index (χ2n) is 5.82. The molecule has 1 amide bonds. The normalized spacial score (nSPS) is 31.3. The maximum absolute atomic E-state index is 12.3. The van der Waals surface area contributed by atoms with Crippen LogP contribution in [0.1, 0.15) is 46.5 Å². The molecule has 0 radical (unpaired) electrons. The van der Waals surface area contributed by atoms with Gasteiger partial charge in [0.25, 0.3) is 0 Å². The fourth-order valence-corrected chi connectivity index (χ4v) is 3.71. The van der Waals surface area contributed by atoms with Crippen LogP contribution in [-0.4, -0.2) is 46.4 Å². The number of hydrogen-bond acceptors (Lipinski definition) is 3. The molecule has 2 atom stereocenters. The summed E-state index contributed by atoms with van der Waals surface area (Å²) in [4.78, 5) is 18.8. The van der Waals surface area contributed by atoms with E-state index in [-0.39, 0.29) is 17.5 Å². The van der Waals surface area contributed by atoms with Crippen LogP contribution >= 0.6 is 11.8 Å². The molecule has 2 aliphatic rings. The van der Waals surface area contributed by atoms with Crippen LogP contribution in [0.25, 0.3) is 0 Å². The minimum Gasteiger partial charge on any atom is -0.359 e. The van der Waals surface area contributed by atoms with Crippen LogP contribution in [0.2, 0.25) is 0 Å². The number of amides is 1. The number of carbonyl (C=O) groups excluding carboxylic acids is 1. The average molecular weight is 283 g/mol. The molecule has 1 N–H and O–H groups in total. The number of nitrogens with zero attached hydrogens (tertiary/aromatic N) is 2. The molecule has 5 heteroatoms. The third-order valence-electron chi connectivity index (χ3n) is 4.05. The largest absolute Gasteiger partial charge is 0.359 e. The average Bonchev–Trinajstić information content (AvgIpc) is 2.81. The predicted molar refractivity (Wildman–Crippen MR) is 81.6 cm³/mol. The summed E-state index contributed by atoms with van der Waals surface area (Å²) in [6.07, 6.45) is 4.60. The SMILES string of the molecule is CCC1(C)CSC(=NC(C)C(=O)N2CCCCC2)N1. The Kier molecular flexibility index (Phi) is 4.76. The topological polar surface area (TPSA) is 44.7 Å². The summed E-state index contributed by atoms with van der Waals surface area (Å²) in [6, 6.07) is -0.257. The smallest absolute Gasteiger partial charge is 0.247 e. The molecule has 0 aromatic rings. The summed E-state index contributed by atoms with van der Waals surface area (Å²) in [5.74, 6) is 1.21. The Bertz CT molecular complexity index is 366. The Morgan fingerprint density at radius 3 is 2.74 bits per heavy atom. The van der Waals surface area contributed by atoms with E-state index in [0.717, 1.165) is 43.3 Å². The van der Waals surface area contributed by atoms with Gasteiger partial charge in [0, 0.05) is 24.4 Å². The van der Waals surface area contributed by atoms with Gasteiger partial charge in [0.2, 0.25) is 5.91 Å². The number of rotatable bonds is 3. The summed E-state index contributed by atoms with van der Waals surface area (Å²) in [7, 11) is 0. The molecule has 2 aliphatic heterocycles.